The molecule has 0 aliphatic heterocycles. The van der Waals surface area contributed by atoms with Gasteiger partial charge in [0.05, 0.1) is 0 Å². The molecule has 2 fully saturated rings. The molecular weight excluding hydrogens is 320 g/mol. The Morgan fingerprint density at radius 1 is 0.923 bits per heavy atom. The van der Waals surface area contributed by atoms with Gasteiger partial charge in [0.15, 0.2) is 0 Å². The monoisotopic (exact) mass is 360 g/mol. The van der Waals surface area contributed by atoms with E-state index in [0.717, 1.165) is 37.0 Å². The van der Waals surface area contributed by atoms with Gasteiger partial charge in [0.25, 0.3) is 0 Å². The van der Waals surface area contributed by atoms with Crippen LogP contribution in [-0.4, -0.2) is 11.1 Å². The summed E-state index contributed by atoms with van der Waals surface area (Å²) in [5.74, 6) is 2.29. The molecule has 26 heavy (non-hydrogen) atoms. The molecule has 0 heterocycles. The molecule has 0 saturated heterocycles. The molecule has 0 amide bonds. The molecule has 148 valence electrons. The number of hydrogen-bond donors (Lipinski definition) is 1. The van der Waals surface area contributed by atoms with E-state index in [-0.39, 0.29) is 5.92 Å². The Morgan fingerprint density at radius 3 is 2.08 bits per heavy atom. The Morgan fingerprint density at radius 2 is 1.54 bits per heavy atom. The van der Waals surface area contributed by atoms with Crippen LogP contribution in [0.4, 0.5) is 0 Å². The average Bonchev–Trinajstić information content (AvgIpc) is 2.66. The van der Waals surface area contributed by atoms with E-state index in [1.807, 2.05) is 18.2 Å². The van der Waals surface area contributed by atoms with Crippen LogP contribution in [0.1, 0.15) is 97.3 Å². The molecule has 0 aromatic rings. The summed E-state index contributed by atoms with van der Waals surface area (Å²) in [4.78, 5) is 11.6. The predicted molar refractivity (Wildman–Crippen MR) is 110 cm³/mol. The van der Waals surface area contributed by atoms with Crippen LogP contribution in [0, 0.1) is 23.7 Å². The van der Waals surface area contributed by atoms with Crippen molar-refractivity contribution >= 4 is 5.97 Å². The summed E-state index contributed by atoms with van der Waals surface area (Å²) in [5, 5.41) is 9.56. The molecule has 0 bridgehead atoms. The highest BCUT2D eigenvalue weighted by atomic mass is 16.4. The molecule has 2 nitrogen and oxygen atoms in total. The van der Waals surface area contributed by atoms with Gasteiger partial charge in [0, 0.05) is 5.57 Å². The summed E-state index contributed by atoms with van der Waals surface area (Å²) in [6, 6.07) is 0. The fraction of sp³-hybridized carbons (Fsp3) is 0.792. The van der Waals surface area contributed by atoms with Crippen molar-refractivity contribution in [2.75, 3.05) is 0 Å². The highest BCUT2D eigenvalue weighted by Crippen LogP contribution is 2.43. The maximum Gasteiger partial charge on any atom is 0.331 e. The molecular formula is C24H40O2. The van der Waals surface area contributed by atoms with E-state index in [4.69, 9.17) is 0 Å². The number of hydrogen-bond acceptors (Lipinski definition) is 1. The highest BCUT2D eigenvalue weighted by Gasteiger charge is 2.32. The lowest BCUT2D eigenvalue weighted by molar-refractivity contribution is -0.133. The number of unbranched alkanes of at least 4 members (excludes halogenated alkanes) is 2. The van der Waals surface area contributed by atoms with E-state index in [1.54, 1.807) is 0 Å². The van der Waals surface area contributed by atoms with Crippen molar-refractivity contribution in [3.63, 3.8) is 0 Å². The first-order valence-electron chi connectivity index (χ1n) is 11.3. The number of carboxylic acids is 1. The van der Waals surface area contributed by atoms with Gasteiger partial charge in [-0.2, -0.15) is 0 Å². The van der Waals surface area contributed by atoms with Crippen molar-refractivity contribution < 1.29 is 9.90 Å². The van der Waals surface area contributed by atoms with Crippen molar-refractivity contribution in [1.82, 2.24) is 0 Å². The van der Waals surface area contributed by atoms with Gasteiger partial charge < -0.3 is 5.11 Å². The normalized spacial score (nSPS) is 30.6. The molecule has 0 aromatic carbocycles. The number of allylic oxidation sites excluding steroid dienone is 3. The van der Waals surface area contributed by atoms with Gasteiger partial charge in [-0.3, -0.25) is 0 Å². The third-order valence-electron chi connectivity index (χ3n) is 6.88. The molecule has 1 N–H and O–H groups in total. The van der Waals surface area contributed by atoms with Gasteiger partial charge in [-0.15, -0.1) is 0 Å². The van der Waals surface area contributed by atoms with E-state index in [2.05, 4.69) is 13.8 Å². The lowest BCUT2D eigenvalue weighted by atomic mass is 9.68. The zero-order chi connectivity index (χ0) is 18.8. The molecule has 0 atom stereocenters. The Bertz CT molecular complexity index is 461. The Balaban J connectivity index is 1.77. The summed E-state index contributed by atoms with van der Waals surface area (Å²) < 4.78 is 0. The van der Waals surface area contributed by atoms with Gasteiger partial charge in [-0.1, -0.05) is 70.6 Å². The molecule has 0 aromatic heterocycles. The second-order valence-electron chi connectivity index (χ2n) is 8.65. The van der Waals surface area contributed by atoms with E-state index in [1.165, 1.54) is 64.2 Å². The standard InChI is InChI=1S/C24H40O2/c1-3-5-7-9-19-11-13-20(14-12-19)21-15-17-22(18-16-21)23(24(25)26)10-8-6-4-2/h6,8,10,19-22H,3-5,7,9,11-18H2,1-2H3,(H,25,26)/b8-6+,23-10+. The third kappa shape index (κ3) is 6.59. The van der Waals surface area contributed by atoms with Crippen molar-refractivity contribution in [2.24, 2.45) is 23.7 Å². The molecule has 0 unspecified atom stereocenters. The predicted octanol–water partition coefficient (Wildman–Crippen LogP) is 7.16. The van der Waals surface area contributed by atoms with Gasteiger partial charge in [-0.05, 0) is 68.6 Å². The lowest BCUT2D eigenvalue weighted by Crippen LogP contribution is -2.27. The minimum Gasteiger partial charge on any atom is -0.478 e. The van der Waals surface area contributed by atoms with Crippen LogP contribution in [0.15, 0.2) is 23.8 Å². The van der Waals surface area contributed by atoms with Gasteiger partial charge in [0.2, 0.25) is 0 Å². The second-order valence-corrected chi connectivity index (χ2v) is 8.65. The fourth-order valence-electron chi connectivity index (χ4n) is 5.22. The molecule has 2 rings (SSSR count). The number of aliphatic carboxylic acids is 1. The van der Waals surface area contributed by atoms with Crippen LogP contribution in [0.25, 0.3) is 0 Å². The smallest absolute Gasteiger partial charge is 0.331 e. The Hall–Kier alpha value is -1.05. The van der Waals surface area contributed by atoms with E-state index >= 15 is 0 Å². The van der Waals surface area contributed by atoms with E-state index in [9.17, 15) is 9.90 Å². The molecule has 0 spiro atoms. The quantitative estimate of drug-likeness (QED) is 0.269. The fourth-order valence-corrected chi connectivity index (χ4v) is 5.22. The topological polar surface area (TPSA) is 37.3 Å². The van der Waals surface area contributed by atoms with Crippen LogP contribution in [0.3, 0.4) is 0 Å². The Kier molecular flexibility index (Phi) is 9.50. The molecule has 0 radical (unpaired) electrons. The van der Waals surface area contributed by atoms with Crippen LogP contribution in [-0.2, 0) is 4.79 Å². The van der Waals surface area contributed by atoms with Crippen molar-refractivity contribution in [3.8, 4) is 0 Å². The molecule has 2 aliphatic rings. The maximum absolute atomic E-state index is 11.6. The average molecular weight is 361 g/mol. The van der Waals surface area contributed by atoms with E-state index in [0.29, 0.717) is 5.57 Å². The SMILES string of the molecule is CC/C=C/C=C(/C(=O)O)C1CCC(C2CCC(CCCCC)CC2)CC1. The summed E-state index contributed by atoms with van der Waals surface area (Å²) in [7, 11) is 0. The first-order valence-corrected chi connectivity index (χ1v) is 11.3. The van der Waals surface area contributed by atoms with Crippen molar-refractivity contribution in [1.29, 1.82) is 0 Å². The number of carboxylic acid groups (broad SMARTS) is 1. The first kappa shape index (κ1) is 21.3. The van der Waals surface area contributed by atoms with Gasteiger partial charge >= 0.3 is 5.97 Å². The maximum atomic E-state index is 11.6. The third-order valence-corrected chi connectivity index (χ3v) is 6.88. The number of carbonyl (C=O) groups is 1. The van der Waals surface area contributed by atoms with Crippen LogP contribution >= 0.6 is 0 Å². The summed E-state index contributed by atoms with van der Waals surface area (Å²) in [6.07, 6.45) is 22.7. The summed E-state index contributed by atoms with van der Waals surface area (Å²) in [6.45, 7) is 4.37. The Labute approximate surface area is 161 Å². The lowest BCUT2D eigenvalue weighted by Gasteiger charge is -2.38. The van der Waals surface area contributed by atoms with Gasteiger partial charge in [-0.25, -0.2) is 4.79 Å². The summed E-state index contributed by atoms with van der Waals surface area (Å²) >= 11 is 0. The largest absolute Gasteiger partial charge is 0.478 e. The van der Waals surface area contributed by atoms with Gasteiger partial charge in [0.1, 0.15) is 0 Å². The highest BCUT2D eigenvalue weighted by molar-refractivity contribution is 5.87. The number of rotatable bonds is 9. The zero-order valence-corrected chi connectivity index (χ0v) is 17.1. The van der Waals surface area contributed by atoms with Crippen LogP contribution in [0.2, 0.25) is 0 Å². The molecule has 2 heteroatoms. The van der Waals surface area contributed by atoms with Crippen molar-refractivity contribution in [2.45, 2.75) is 97.3 Å². The zero-order valence-electron chi connectivity index (χ0n) is 17.1. The molecule has 2 saturated carbocycles. The van der Waals surface area contributed by atoms with Crippen molar-refractivity contribution in [3.05, 3.63) is 23.8 Å². The minimum absolute atomic E-state index is 0.260. The summed E-state index contributed by atoms with van der Waals surface area (Å²) in [5.41, 5.74) is 0.632. The van der Waals surface area contributed by atoms with Crippen LogP contribution < -0.4 is 0 Å². The molecule has 2 aliphatic carbocycles. The minimum atomic E-state index is -0.721. The van der Waals surface area contributed by atoms with E-state index < -0.39 is 5.97 Å². The van der Waals surface area contributed by atoms with Crippen LogP contribution in [0.5, 0.6) is 0 Å². The first-order chi connectivity index (χ1) is 12.7. The second kappa shape index (κ2) is 11.6.